The summed E-state index contributed by atoms with van der Waals surface area (Å²) in [5.41, 5.74) is 0.0474. The number of nitrogens with one attached hydrogen (secondary N) is 3. The number of halogens is 3. The molecule has 7 nitrogen and oxygen atoms in total. The first-order valence-electron chi connectivity index (χ1n) is 10.6. The predicted molar refractivity (Wildman–Crippen MR) is 119 cm³/mol. The third kappa shape index (κ3) is 6.71. The molecule has 2 aromatic heterocycles. The van der Waals surface area contributed by atoms with E-state index in [9.17, 15) is 22.8 Å². The number of unbranched alkanes of at least 4 members (excludes halogenated alkanes) is 3. The van der Waals surface area contributed by atoms with Crippen molar-refractivity contribution >= 4 is 22.6 Å². The number of carbonyl (C=O) groups is 1. The Morgan fingerprint density at radius 1 is 1.09 bits per heavy atom. The summed E-state index contributed by atoms with van der Waals surface area (Å²) in [6.45, 7) is 2.21. The summed E-state index contributed by atoms with van der Waals surface area (Å²) in [6.07, 6.45) is -0.960. The Balaban J connectivity index is 1.69. The van der Waals surface area contributed by atoms with Crippen LogP contribution in [0.1, 0.15) is 43.9 Å². The minimum Gasteiger partial charge on any atom is -0.477 e. The average Bonchev–Trinajstić information content (AvgIpc) is 2.77. The molecule has 0 bridgehead atoms. The molecule has 176 valence electrons. The summed E-state index contributed by atoms with van der Waals surface area (Å²) >= 11 is 0. The van der Waals surface area contributed by atoms with Gasteiger partial charge in [-0.05, 0) is 36.8 Å². The van der Waals surface area contributed by atoms with Crippen LogP contribution in [-0.2, 0) is 12.7 Å². The molecular formula is C23H25F3N4O3. The molecule has 2 heterocycles. The number of H-pyrrole nitrogens is 1. The van der Waals surface area contributed by atoms with Crippen molar-refractivity contribution in [2.24, 2.45) is 0 Å². The zero-order chi connectivity index (χ0) is 23.8. The number of benzene rings is 1. The van der Waals surface area contributed by atoms with E-state index in [4.69, 9.17) is 4.74 Å². The van der Waals surface area contributed by atoms with Gasteiger partial charge in [0.15, 0.2) is 0 Å². The van der Waals surface area contributed by atoms with E-state index in [-0.39, 0.29) is 24.6 Å². The number of anilines is 1. The van der Waals surface area contributed by atoms with Crippen LogP contribution in [0.15, 0.2) is 47.3 Å². The van der Waals surface area contributed by atoms with Gasteiger partial charge in [-0.3, -0.25) is 4.79 Å². The van der Waals surface area contributed by atoms with E-state index in [1.165, 1.54) is 12.1 Å². The molecule has 0 spiro atoms. The molecule has 10 heteroatoms. The van der Waals surface area contributed by atoms with Gasteiger partial charge in [-0.1, -0.05) is 32.3 Å². The highest BCUT2D eigenvalue weighted by atomic mass is 19.4. The number of pyridine rings is 2. The summed E-state index contributed by atoms with van der Waals surface area (Å²) in [5.74, 6) is -0.149. The van der Waals surface area contributed by atoms with E-state index in [2.05, 4.69) is 27.5 Å². The van der Waals surface area contributed by atoms with E-state index < -0.39 is 17.9 Å². The molecule has 2 amide bonds. The van der Waals surface area contributed by atoms with Crippen molar-refractivity contribution in [2.45, 2.75) is 45.3 Å². The predicted octanol–water partition coefficient (Wildman–Crippen LogP) is 5.22. The minimum atomic E-state index is -4.60. The molecule has 0 fully saturated rings. The maximum atomic E-state index is 13.1. The van der Waals surface area contributed by atoms with Gasteiger partial charge in [0.1, 0.15) is 5.69 Å². The summed E-state index contributed by atoms with van der Waals surface area (Å²) in [4.78, 5) is 30.2. The number of carbonyl (C=O) groups excluding carboxylic acids is 1. The van der Waals surface area contributed by atoms with Gasteiger partial charge in [0.2, 0.25) is 11.4 Å². The molecule has 0 saturated heterocycles. The molecule has 1 aromatic carbocycles. The molecule has 0 aliphatic rings. The number of aromatic nitrogens is 2. The fourth-order valence-corrected chi connectivity index (χ4v) is 3.22. The van der Waals surface area contributed by atoms with Gasteiger partial charge in [0, 0.05) is 23.6 Å². The van der Waals surface area contributed by atoms with E-state index in [0.717, 1.165) is 25.3 Å². The van der Waals surface area contributed by atoms with Crippen molar-refractivity contribution in [2.75, 3.05) is 11.9 Å². The molecule has 0 atom stereocenters. The highest BCUT2D eigenvalue weighted by molar-refractivity contribution is 6.00. The second-order valence-corrected chi connectivity index (χ2v) is 7.46. The Morgan fingerprint density at radius 2 is 1.91 bits per heavy atom. The molecule has 3 rings (SSSR count). The zero-order valence-corrected chi connectivity index (χ0v) is 18.1. The van der Waals surface area contributed by atoms with E-state index >= 15 is 0 Å². The molecular weight excluding hydrogens is 437 g/mol. The molecule has 0 saturated carbocycles. The van der Waals surface area contributed by atoms with Gasteiger partial charge >= 0.3 is 12.2 Å². The smallest absolute Gasteiger partial charge is 0.433 e. The number of hydrogen-bond donors (Lipinski definition) is 3. The van der Waals surface area contributed by atoms with Crippen molar-refractivity contribution < 1.29 is 22.7 Å². The number of fused-ring (bicyclic) bond motifs is 1. The number of urea groups is 1. The van der Waals surface area contributed by atoms with Gasteiger partial charge in [-0.15, -0.1) is 0 Å². The van der Waals surface area contributed by atoms with E-state index in [1.54, 1.807) is 24.3 Å². The van der Waals surface area contributed by atoms with Crippen LogP contribution >= 0.6 is 0 Å². The molecule has 0 radical (unpaired) electrons. The fourth-order valence-electron chi connectivity index (χ4n) is 3.22. The lowest BCUT2D eigenvalue weighted by molar-refractivity contribution is -0.141. The van der Waals surface area contributed by atoms with Gasteiger partial charge in [0.05, 0.1) is 17.8 Å². The van der Waals surface area contributed by atoms with Crippen molar-refractivity contribution in [3.63, 3.8) is 0 Å². The summed E-state index contributed by atoms with van der Waals surface area (Å²) in [7, 11) is 0. The molecule has 0 aliphatic heterocycles. The monoisotopic (exact) mass is 462 g/mol. The van der Waals surface area contributed by atoms with Crippen LogP contribution in [0.5, 0.6) is 5.88 Å². The second kappa shape index (κ2) is 10.8. The number of ether oxygens (including phenoxy) is 1. The highest BCUT2D eigenvalue weighted by Crippen LogP contribution is 2.30. The third-order valence-electron chi connectivity index (χ3n) is 4.92. The van der Waals surface area contributed by atoms with Crippen LogP contribution in [0, 0.1) is 0 Å². The van der Waals surface area contributed by atoms with Crippen LogP contribution in [0.3, 0.4) is 0 Å². The number of alkyl halides is 3. The minimum absolute atomic E-state index is 0.0805. The number of hydrogen-bond acceptors (Lipinski definition) is 4. The Kier molecular flexibility index (Phi) is 7.92. The lowest BCUT2D eigenvalue weighted by Gasteiger charge is -2.15. The molecule has 3 aromatic rings. The Morgan fingerprint density at radius 3 is 2.67 bits per heavy atom. The summed E-state index contributed by atoms with van der Waals surface area (Å²) in [5, 5.41) is 5.93. The van der Waals surface area contributed by atoms with Crippen molar-refractivity contribution in [1.29, 1.82) is 0 Å². The van der Waals surface area contributed by atoms with Gasteiger partial charge in [-0.25, -0.2) is 9.78 Å². The lowest BCUT2D eigenvalue weighted by atomic mass is 10.2. The largest absolute Gasteiger partial charge is 0.477 e. The number of nitrogens with zero attached hydrogens (tertiary/aromatic N) is 1. The van der Waals surface area contributed by atoms with Crippen molar-refractivity contribution in [1.82, 2.24) is 15.3 Å². The van der Waals surface area contributed by atoms with E-state index in [0.29, 0.717) is 28.6 Å². The van der Waals surface area contributed by atoms with Crippen LogP contribution in [0.4, 0.5) is 23.7 Å². The van der Waals surface area contributed by atoms with Crippen molar-refractivity contribution in [3.8, 4) is 5.88 Å². The van der Waals surface area contributed by atoms with E-state index in [1.807, 2.05) is 0 Å². The second-order valence-electron chi connectivity index (χ2n) is 7.46. The number of aromatic amines is 1. The normalized spacial score (nSPS) is 11.4. The Hall–Kier alpha value is -3.56. The first-order chi connectivity index (χ1) is 15.8. The summed E-state index contributed by atoms with van der Waals surface area (Å²) < 4.78 is 44.8. The van der Waals surface area contributed by atoms with Crippen LogP contribution in [0.2, 0.25) is 0 Å². The third-order valence-corrected chi connectivity index (χ3v) is 4.92. The molecule has 0 unspecified atom stereocenters. The first-order valence-corrected chi connectivity index (χ1v) is 10.6. The standard InChI is InChI=1S/C23H25F3N4O3/c1-2-3-4-5-13-33-21-15(9-11-19(30-21)23(24,25)26)14-27-22(32)29-18-8-6-7-17-16(18)10-12-20(31)28-17/h6-12H,2-5,13-14H2,1H3,(H,28,31)(H2,27,29,32). The van der Waals surface area contributed by atoms with Crippen LogP contribution < -0.4 is 20.9 Å². The van der Waals surface area contributed by atoms with Crippen LogP contribution in [-0.4, -0.2) is 22.6 Å². The number of rotatable bonds is 9. The van der Waals surface area contributed by atoms with Gasteiger partial charge in [0.25, 0.3) is 0 Å². The molecule has 0 aliphatic carbocycles. The first kappa shape index (κ1) is 24.1. The summed E-state index contributed by atoms with van der Waals surface area (Å²) in [6, 6.07) is 9.54. The number of amides is 2. The maximum absolute atomic E-state index is 13.1. The average molecular weight is 462 g/mol. The topological polar surface area (TPSA) is 96.1 Å². The highest BCUT2D eigenvalue weighted by Gasteiger charge is 2.33. The van der Waals surface area contributed by atoms with Crippen molar-refractivity contribution in [3.05, 3.63) is 64.1 Å². The SMILES string of the molecule is CCCCCCOc1nc(C(F)(F)F)ccc1CNC(=O)Nc1cccc2[nH]c(=O)ccc12. The van der Waals surface area contributed by atoms with Gasteiger partial charge < -0.3 is 20.4 Å². The fraction of sp³-hybridized carbons (Fsp3) is 0.348. The van der Waals surface area contributed by atoms with Gasteiger partial charge in [-0.2, -0.15) is 13.2 Å². The Labute approximate surface area is 188 Å². The molecule has 3 N–H and O–H groups in total. The maximum Gasteiger partial charge on any atom is 0.433 e. The lowest BCUT2D eigenvalue weighted by Crippen LogP contribution is -2.28. The quantitative estimate of drug-likeness (QED) is 0.380. The van der Waals surface area contributed by atoms with Crippen LogP contribution in [0.25, 0.3) is 10.9 Å². The zero-order valence-electron chi connectivity index (χ0n) is 18.1. The Bertz CT molecular complexity index is 1160. The molecule has 33 heavy (non-hydrogen) atoms.